The monoisotopic (exact) mass is 807 g/mol. The van der Waals surface area contributed by atoms with Crippen LogP contribution in [-0.4, -0.2) is 99.7 Å². The van der Waals surface area contributed by atoms with E-state index in [0.717, 1.165) is 65.5 Å². The summed E-state index contributed by atoms with van der Waals surface area (Å²) in [6.45, 7) is 3.07. The number of piperidine rings is 1. The Labute approximate surface area is 340 Å². The van der Waals surface area contributed by atoms with Gasteiger partial charge in [0, 0.05) is 23.1 Å². The second-order valence-electron chi connectivity index (χ2n) is 15.3. The van der Waals surface area contributed by atoms with Gasteiger partial charge in [-0.05, 0) is 48.8 Å². The molecule has 3 saturated heterocycles. The number of anilines is 1. The van der Waals surface area contributed by atoms with E-state index in [9.17, 15) is 19.5 Å². The van der Waals surface area contributed by atoms with E-state index in [-0.39, 0.29) is 17.1 Å². The Morgan fingerprint density at radius 2 is 1.58 bits per heavy atom. The number of fused-ring (bicyclic) bond motifs is 1. The van der Waals surface area contributed by atoms with Crippen molar-refractivity contribution in [2.75, 3.05) is 44.4 Å². The minimum Gasteiger partial charge on any atom is -0.477 e. The fourth-order valence-electron chi connectivity index (χ4n) is 8.40. The smallest absolute Gasteiger partial charge is 0.352 e. The fourth-order valence-corrected chi connectivity index (χ4v) is 10.5. The highest BCUT2D eigenvalue weighted by atomic mass is 32.2. The number of carbonyl (C=O) groups excluding carboxylic acids is 2. The number of carboxylic acid groups (broad SMARTS) is 1. The third-order valence-corrected chi connectivity index (χ3v) is 13.4. The molecule has 2 amide bonds. The van der Waals surface area contributed by atoms with Crippen LogP contribution in [0, 0.1) is 0 Å². The summed E-state index contributed by atoms with van der Waals surface area (Å²) in [4.78, 5) is 52.8. The predicted octanol–water partition coefficient (Wildman–Crippen LogP) is 6.16. The first-order chi connectivity index (χ1) is 27.8. The molecule has 3 aromatic carbocycles. The lowest BCUT2D eigenvalue weighted by atomic mass is 9.77. The van der Waals surface area contributed by atoms with Crippen LogP contribution >= 0.6 is 23.1 Å². The van der Waals surface area contributed by atoms with E-state index in [1.807, 2.05) is 54.6 Å². The number of rotatable bonds is 13. The molecule has 0 bridgehead atoms. The summed E-state index contributed by atoms with van der Waals surface area (Å²) in [5, 5.41) is 23.0. The highest BCUT2D eigenvalue weighted by Gasteiger charge is 2.55. The van der Waals surface area contributed by atoms with Gasteiger partial charge in [-0.15, -0.1) is 23.1 Å². The summed E-state index contributed by atoms with van der Waals surface area (Å²) in [5.41, 5.74) is 3.07. The summed E-state index contributed by atoms with van der Waals surface area (Å²) >= 11 is 2.80. The number of ether oxygens (including phenoxy) is 1. The molecule has 2 unspecified atom stereocenters. The second-order valence-corrected chi connectivity index (χ2v) is 17.2. The summed E-state index contributed by atoms with van der Waals surface area (Å²) in [6, 6.07) is 29.5. The van der Waals surface area contributed by atoms with Gasteiger partial charge in [-0.25, -0.2) is 9.78 Å². The SMILES string of the molecule is C[N+]1(CC2=C(C(=O)O)N3C(=O)C(NC(=O)C(=NOC4CCCCO4)c4csc(NC(c5ccccc5)(c5ccccc5)c5ccccc5)n4)[C@@H]3SC2)CCCCC1. The number of nitrogens with one attached hydrogen (secondary N) is 2. The van der Waals surface area contributed by atoms with Crippen LogP contribution in [0.2, 0.25) is 0 Å². The van der Waals surface area contributed by atoms with Gasteiger partial charge < -0.3 is 29.8 Å². The number of thioether (sulfide) groups is 1. The molecule has 296 valence electrons. The number of likely N-dealkylation sites (N-methyl/N-ethyl adjacent to an activating group) is 1. The average molecular weight is 808 g/mol. The molecule has 4 aliphatic rings. The number of hydrogen-bond donors (Lipinski definition) is 3. The van der Waals surface area contributed by atoms with Crippen LogP contribution in [0.3, 0.4) is 0 Å². The minimum absolute atomic E-state index is 0.0415. The van der Waals surface area contributed by atoms with Crippen LogP contribution in [0.4, 0.5) is 5.13 Å². The van der Waals surface area contributed by atoms with Crippen molar-refractivity contribution in [1.29, 1.82) is 0 Å². The van der Waals surface area contributed by atoms with Crippen molar-refractivity contribution in [1.82, 2.24) is 15.2 Å². The van der Waals surface area contributed by atoms with Crippen molar-refractivity contribution < 1.29 is 33.5 Å². The van der Waals surface area contributed by atoms with Gasteiger partial charge in [0.2, 0.25) is 6.29 Å². The first-order valence-electron chi connectivity index (χ1n) is 19.6. The molecule has 3 atom stereocenters. The molecule has 3 N–H and O–H groups in total. The molecule has 57 heavy (non-hydrogen) atoms. The van der Waals surface area contributed by atoms with Gasteiger partial charge in [0.1, 0.15) is 34.9 Å². The molecule has 5 heterocycles. The Balaban J connectivity index is 1.08. The second kappa shape index (κ2) is 16.8. The molecule has 0 spiro atoms. The van der Waals surface area contributed by atoms with E-state index in [1.165, 1.54) is 34.4 Å². The highest BCUT2D eigenvalue weighted by molar-refractivity contribution is 8.00. The lowest BCUT2D eigenvalue weighted by molar-refractivity contribution is -0.909. The van der Waals surface area contributed by atoms with E-state index in [0.29, 0.717) is 30.5 Å². The van der Waals surface area contributed by atoms with Crippen LogP contribution in [0.15, 0.2) is 113 Å². The van der Waals surface area contributed by atoms with Crippen molar-refractivity contribution in [3.05, 3.63) is 130 Å². The number of hydrogen-bond acceptors (Lipinski definition) is 10. The highest BCUT2D eigenvalue weighted by Crippen LogP contribution is 2.42. The topological polar surface area (TPSA) is 142 Å². The molecule has 4 aromatic rings. The number of carbonyl (C=O) groups is 3. The van der Waals surface area contributed by atoms with Crippen LogP contribution < -0.4 is 10.6 Å². The zero-order valence-corrected chi connectivity index (χ0v) is 33.5. The number of β-lactam (4-membered cyclic amide) rings is 1. The summed E-state index contributed by atoms with van der Waals surface area (Å²) < 4.78 is 6.51. The van der Waals surface area contributed by atoms with Crippen LogP contribution in [0.1, 0.15) is 60.9 Å². The molecule has 0 saturated carbocycles. The molecule has 1 aromatic heterocycles. The zero-order chi connectivity index (χ0) is 39.4. The summed E-state index contributed by atoms with van der Waals surface area (Å²) in [7, 11) is 2.16. The summed E-state index contributed by atoms with van der Waals surface area (Å²) in [6.07, 6.45) is 5.19. The number of nitrogens with zero attached hydrogens (tertiary/aromatic N) is 4. The Morgan fingerprint density at radius 3 is 2.16 bits per heavy atom. The summed E-state index contributed by atoms with van der Waals surface area (Å²) in [5.74, 6) is -1.78. The van der Waals surface area contributed by atoms with Crippen molar-refractivity contribution >= 4 is 51.7 Å². The number of benzene rings is 3. The van der Waals surface area contributed by atoms with Crippen molar-refractivity contribution in [2.24, 2.45) is 5.16 Å². The van der Waals surface area contributed by atoms with Crippen molar-refractivity contribution in [3.8, 4) is 0 Å². The van der Waals surface area contributed by atoms with E-state index >= 15 is 0 Å². The van der Waals surface area contributed by atoms with Gasteiger partial charge in [-0.1, -0.05) is 96.2 Å². The number of quaternary nitrogens is 1. The van der Waals surface area contributed by atoms with Crippen molar-refractivity contribution in [2.45, 2.75) is 61.8 Å². The molecule has 0 aliphatic carbocycles. The third-order valence-electron chi connectivity index (χ3n) is 11.3. The molecule has 0 radical (unpaired) electrons. The lowest BCUT2D eigenvalue weighted by Gasteiger charge is -2.50. The maximum absolute atomic E-state index is 14.3. The molecule has 12 nitrogen and oxygen atoms in total. The van der Waals surface area contributed by atoms with Gasteiger partial charge in [0.15, 0.2) is 10.8 Å². The molecule has 14 heteroatoms. The van der Waals surface area contributed by atoms with E-state index in [1.54, 1.807) is 5.38 Å². The van der Waals surface area contributed by atoms with Gasteiger partial charge in [-0.2, -0.15) is 0 Å². The number of likely N-dealkylation sites (tertiary alicyclic amines) is 1. The first-order valence-corrected chi connectivity index (χ1v) is 21.5. The number of oxime groups is 1. The van der Waals surface area contributed by atoms with Gasteiger partial charge >= 0.3 is 5.97 Å². The fraction of sp³-hybridized carbons (Fsp3) is 0.372. The minimum atomic E-state index is -1.12. The Hall–Kier alpha value is -5.02. The van der Waals surface area contributed by atoms with Gasteiger partial charge in [-0.3, -0.25) is 14.5 Å². The Morgan fingerprint density at radius 1 is 0.947 bits per heavy atom. The number of carboxylic acids is 1. The van der Waals surface area contributed by atoms with Gasteiger partial charge in [0.05, 0.1) is 26.7 Å². The van der Waals surface area contributed by atoms with Crippen LogP contribution in [0.25, 0.3) is 0 Å². The number of aliphatic carboxylic acids is 1. The van der Waals surface area contributed by atoms with Crippen LogP contribution in [-0.2, 0) is 29.5 Å². The molecule has 8 rings (SSSR count). The maximum Gasteiger partial charge on any atom is 0.352 e. The molecular formula is C43H47N6O6S2+. The van der Waals surface area contributed by atoms with Crippen molar-refractivity contribution in [3.63, 3.8) is 0 Å². The van der Waals surface area contributed by atoms with Crippen LogP contribution in [0.5, 0.6) is 0 Å². The third kappa shape index (κ3) is 7.96. The Kier molecular flexibility index (Phi) is 11.5. The lowest BCUT2D eigenvalue weighted by Crippen LogP contribution is -2.71. The predicted molar refractivity (Wildman–Crippen MR) is 220 cm³/mol. The number of amides is 2. The van der Waals surface area contributed by atoms with E-state index in [2.05, 4.69) is 59.2 Å². The molecule has 4 aliphatic heterocycles. The quantitative estimate of drug-likeness (QED) is 0.0476. The average Bonchev–Trinajstić information content (AvgIpc) is 3.71. The van der Waals surface area contributed by atoms with Gasteiger partial charge in [0.25, 0.3) is 11.8 Å². The number of aromatic nitrogens is 1. The van der Waals surface area contributed by atoms with E-state index < -0.39 is 41.0 Å². The zero-order valence-electron chi connectivity index (χ0n) is 31.8. The maximum atomic E-state index is 14.3. The Bertz CT molecular complexity index is 2040. The standard InChI is InChI=1S/C43H46N6O6S2/c1-49(23-13-5-14-24-49)26-29-27-56-40-36(39(51)48(40)37(29)41(52)53)45-38(50)35(47-55-34-22-12-15-25-54-34)33-28-57-42(44-33)46-43(30-16-6-2-7-17-30,31-18-8-3-9-19-31)32-20-10-4-11-21-32/h2-4,6-11,16-21,28,34,36,40H,5,12-15,22-27H2,1H3,(H2-,44,45,46,50,52,53)/p+1/t34?,36?,40-/m0/s1. The molecular weight excluding hydrogens is 761 g/mol. The molecule has 3 fully saturated rings. The van der Waals surface area contributed by atoms with E-state index in [4.69, 9.17) is 14.6 Å². The largest absolute Gasteiger partial charge is 0.477 e. The normalized spacial score (nSPS) is 22.3. The number of thiazole rings is 1. The first kappa shape index (κ1) is 38.8.